The monoisotopic (exact) mass is 389 g/mol. The van der Waals surface area contributed by atoms with E-state index in [1.165, 1.54) is 12.1 Å². The fraction of sp³-hybridized carbons (Fsp3) is 0.0625. The van der Waals surface area contributed by atoms with Crippen molar-refractivity contribution in [2.75, 3.05) is 5.32 Å². The average molecular weight is 390 g/mol. The number of hydrogen-bond donors (Lipinski definition) is 1. The molecule has 1 amide bonds. The number of carbonyl (C=O) groups excluding carboxylic acids is 1. The van der Waals surface area contributed by atoms with Crippen molar-refractivity contribution in [3.05, 3.63) is 63.0 Å². The predicted octanol–water partition coefficient (Wildman–Crippen LogP) is 6.48. The molecule has 0 saturated heterocycles. The molecule has 0 aliphatic heterocycles. The topological polar surface area (TPSA) is 29.1 Å². The summed E-state index contributed by atoms with van der Waals surface area (Å²) >= 11 is 13.2. The van der Waals surface area contributed by atoms with Gasteiger partial charge in [-0.05, 0) is 30.3 Å². The Bertz CT molecular complexity index is 937. The molecule has 0 saturated carbocycles. The molecule has 3 aromatic rings. The van der Waals surface area contributed by atoms with E-state index in [4.69, 9.17) is 23.2 Å². The summed E-state index contributed by atoms with van der Waals surface area (Å²) in [5.41, 5.74) is -0.795. The molecule has 24 heavy (non-hydrogen) atoms. The lowest BCUT2D eigenvalue weighted by Crippen LogP contribution is -2.12. The van der Waals surface area contributed by atoms with Crippen molar-refractivity contribution in [1.82, 2.24) is 0 Å². The van der Waals surface area contributed by atoms with E-state index >= 15 is 0 Å². The number of hydrogen-bond acceptors (Lipinski definition) is 2. The van der Waals surface area contributed by atoms with Crippen LogP contribution in [-0.2, 0) is 6.18 Å². The van der Waals surface area contributed by atoms with Gasteiger partial charge in [-0.1, -0.05) is 35.3 Å². The summed E-state index contributed by atoms with van der Waals surface area (Å²) < 4.78 is 38.9. The molecule has 2 nitrogen and oxygen atoms in total. The second-order valence-electron chi connectivity index (χ2n) is 4.92. The van der Waals surface area contributed by atoms with E-state index in [2.05, 4.69) is 5.32 Å². The van der Waals surface area contributed by atoms with Crippen LogP contribution in [0.1, 0.15) is 15.2 Å². The fourth-order valence-electron chi connectivity index (χ4n) is 2.15. The molecule has 1 N–H and O–H groups in total. The van der Waals surface area contributed by atoms with Crippen LogP contribution in [0.3, 0.4) is 0 Å². The Labute approximate surface area is 148 Å². The van der Waals surface area contributed by atoms with Gasteiger partial charge in [0.05, 0.1) is 10.6 Å². The lowest BCUT2D eigenvalue weighted by Gasteiger charge is -2.09. The van der Waals surface area contributed by atoms with Crippen LogP contribution in [0.5, 0.6) is 0 Å². The van der Waals surface area contributed by atoms with Gasteiger partial charge in [0.15, 0.2) is 0 Å². The lowest BCUT2D eigenvalue weighted by molar-refractivity contribution is -0.137. The summed E-state index contributed by atoms with van der Waals surface area (Å²) in [6.07, 6.45) is -4.48. The van der Waals surface area contributed by atoms with Crippen LogP contribution < -0.4 is 5.32 Å². The Morgan fingerprint density at radius 3 is 2.54 bits per heavy atom. The SMILES string of the molecule is O=C(Nc1cccc(C(F)(F)F)c1)c1sc2cc(Cl)ccc2c1Cl. The van der Waals surface area contributed by atoms with Crippen molar-refractivity contribution in [1.29, 1.82) is 0 Å². The lowest BCUT2D eigenvalue weighted by atomic mass is 10.2. The largest absolute Gasteiger partial charge is 0.416 e. The number of nitrogens with one attached hydrogen (secondary N) is 1. The fourth-order valence-corrected chi connectivity index (χ4v) is 3.83. The van der Waals surface area contributed by atoms with Crippen LogP contribution >= 0.6 is 34.5 Å². The van der Waals surface area contributed by atoms with Gasteiger partial charge in [0, 0.05) is 20.8 Å². The molecule has 0 bridgehead atoms. The molecule has 0 aliphatic carbocycles. The van der Waals surface area contributed by atoms with E-state index in [0.717, 1.165) is 28.2 Å². The standard InChI is InChI=1S/C16H8Cl2F3NOS/c17-9-4-5-11-12(7-9)24-14(13(11)18)15(23)22-10-3-1-2-8(6-10)16(19,20)21/h1-7H,(H,22,23). The van der Waals surface area contributed by atoms with E-state index in [9.17, 15) is 18.0 Å². The van der Waals surface area contributed by atoms with E-state index in [1.807, 2.05) is 0 Å². The summed E-state index contributed by atoms with van der Waals surface area (Å²) in [7, 11) is 0. The zero-order valence-corrected chi connectivity index (χ0v) is 14.1. The third-order valence-electron chi connectivity index (χ3n) is 3.25. The Morgan fingerprint density at radius 1 is 1.08 bits per heavy atom. The zero-order chi connectivity index (χ0) is 17.5. The predicted molar refractivity (Wildman–Crippen MR) is 91.2 cm³/mol. The van der Waals surface area contributed by atoms with Crippen molar-refractivity contribution >= 4 is 56.2 Å². The number of alkyl halides is 3. The molecule has 3 rings (SSSR count). The second kappa shape index (κ2) is 6.27. The first-order chi connectivity index (χ1) is 11.3. The summed E-state index contributed by atoms with van der Waals surface area (Å²) in [6, 6.07) is 9.43. The van der Waals surface area contributed by atoms with Gasteiger partial charge in [-0.3, -0.25) is 4.79 Å². The number of amides is 1. The molecule has 2 aromatic carbocycles. The third-order valence-corrected chi connectivity index (χ3v) is 5.14. The van der Waals surface area contributed by atoms with E-state index < -0.39 is 17.6 Å². The molecule has 124 valence electrons. The highest BCUT2D eigenvalue weighted by atomic mass is 35.5. The molecular formula is C16H8Cl2F3NOS. The Hall–Kier alpha value is -1.76. The van der Waals surface area contributed by atoms with Crippen LogP contribution in [0.25, 0.3) is 10.1 Å². The molecule has 0 radical (unpaired) electrons. The molecule has 0 spiro atoms. The minimum Gasteiger partial charge on any atom is -0.321 e. The van der Waals surface area contributed by atoms with E-state index in [1.54, 1.807) is 18.2 Å². The highest BCUT2D eigenvalue weighted by molar-refractivity contribution is 7.21. The van der Waals surface area contributed by atoms with Crippen molar-refractivity contribution < 1.29 is 18.0 Å². The van der Waals surface area contributed by atoms with Crippen molar-refractivity contribution in [2.45, 2.75) is 6.18 Å². The maximum absolute atomic E-state index is 12.7. The molecular weight excluding hydrogens is 382 g/mol. The summed E-state index contributed by atoms with van der Waals surface area (Å²) in [6.45, 7) is 0. The Balaban J connectivity index is 1.92. The number of rotatable bonds is 2. The van der Waals surface area contributed by atoms with Crippen LogP contribution in [-0.4, -0.2) is 5.91 Å². The Kier molecular flexibility index (Phi) is 4.46. The van der Waals surface area contributed by atoms with Crippen molar-refractivity contribution in [2.24, 2.45) is 0 Å². The van der Waals surface area contributed by atoms with Gasteiger partial charge in [-0.25, -0.2) is 0 Å². The molecule has 0 aliphatic rings. The van der Waals surface area contributed by atoms with Gasteiger partial charge in [-0.15, -0.1) is 11.3 Å². The first kappa shape index (κ1) is 17.1. The number of carbonyl (C=O) groups is 1. The molecule has 0 fully saturated rings. The number of thiophene rings is 1. The summed E-state index contributed by atoms with van der Waals surface area (Å²) in [5, 5.41) is 3.86. The number of halogens is 5. The van der Waals surface area contributed by atoms with E-state index in [0.29, 0.717) is 10.4 Å². The van der Waals surface area contributed by atoms with Gasteiger partial charge >= 0.3 is 6.18 Å². The maximum Gasteiger partial charge on any atom is 0.416 e. The molecule has 0 atom stereocenters. The quantitative estimate of drug-likeness (QED) is 0.533. The molecule has 1 heterocycles. The van der Waals surface area contributed by atoms with Gasteiger partial charge in [0.2, 0.25) is 0 Å². The van der Waals surface area contributed by atoms with Crippen LogP contribution in [0.2, 0.25) is 10.0 Å². The number of benzene rings is 2. The second-order valence-corrected chi connectivity index (χ2v) is 6.78. The van der Waals surface area contributed by atoms with Gasteiger partial charge < -0.3 is 5.32 Å². The highest BCUT2D eigenvalue weighted by Crippen LogP contribution is 2.37. The van der Waals surface area contributed by atoms with Gasteiger partial charge in [0.1, 0.15) is 4.88 Å². The van der Waals surface area contributed by atoms with Crippen LogP contribution in [0.4, 0.5) is 18.9 Å². The highest BCUT2D eigenvalue weighted by Gasteiger charge is 2.30. The zero-order valence-electron chi connectivity index (χ0n) is 11.7. The van der Waals surface area contributed by atoms with Crippen LogP contribution in [0, 0.1) is 0 Å². The van der Waals surface area contributed by atoms with Crippen molar-refractivity contribution in [3.63, 3.8) is 0 Å². The maximum atomic E-state index is 12.7. The number of fused-ring (bicyclic) bond motifs is 1. The number of anilines is 1. The van der Waals surface area contributed by atoms with Gasteiger partial charge in [-0.2, -0.15) is 13.2 Å². The Morgan fingerprint density at radius 2 is 1.83 bits per heavy atom. The first-order valence-corrected chi connectivity index (χ1v) is 8.19. The normalized spacial score (nSPS) is 11.7. The average Bonchev–Trinajstić information content (AvgIpc) is 2.83. The molecule has 8 heteroatoms. The minimum absolute atomic E-state index is 0.0429. The molecule has 1 aromatic heterocycles. The molecule has 0 unspecified atom stereocenters. The smallest absolute Gasteiger partial charge is 0.321 e. The van der Waals surface area contributed by atoms with E-state index in [-0.39, 0.29) is 15.6 Å². The summed E-state index contributed by atoms with van der Waals surface area (Å²) in [4.78, 5) is 12.6. The van der Waals surface area contributed by atoms with Gasteiger partial charge in [0.25, 0.3) is 5.91 Å². The van der Waals surface area contributed by atoms with Crippen LogP contribution in [0.15, 0.2) is 42.5 Å². The first-order valence-electron chi connectivity index (χ1n) is 6.62. The van der Waals surface area contributed by atoms with Crippen molar-refractivity contribution in [3.8, 4) is 0 Å². The third kappa shape index (κ3) is 3.36. The minimum atomic E-state index is -4.48. The summed E-state index contributed by atoms with van der Waals surface area (Å²) in [5.74, 6) is -0.573.